The van der Waals surface area contributed by atoms with E-state index in [4.69, 9.17) is 14.2 Å². The average Bonchev–Trinajstić information content (AvgIpc) is 2.81. The maximum absolute atomic E-state index is 12.5. The van der Waals surface area contributed by atoms with Crippen LogP contribution in [0.4, 0.5) is 0 Å². The summed E-state index contributed by atoms with van der Waals surface area (Å²) >= 11 is 0. The van der Waals surface area contributed by atoms with Gasteiger partial charge in [-0.2, -0.15) is 0 Å². The monoisotopic (exact) mass is 328 g/mol. The van der Waals surface area contributed by atoms with Gasteiger partial charge in [-0.3, -0.25) is 14.4 Å². The lowest BCUT2D eigenvalue weighted by molar-refractivity contribution is -0.176. The molecule has 1 unspecified atom stereocenters. The predicted octanol–water partition coefficient (Wildman–Crippen LogP) is 2.63. The molecule has 1 saturated carbocycles. The van der Waals surface area contributed by atoms with E-state index in [2.05, 4.69) is 0 Å². The Kier molecular flexibility index (Phi) is 6.59. The van der Waals surface area contributed by atoms with Crippen molar-refractivity contribution in [2.45, 2.75) is 65.9 Å². The van der Waals surface area contributed by atoms with Gasteiger partial charge >= 0.3 is 17.9 Å². The van der Waals surface area contributed by atoms with Crippen LogP contribution in [0.3, 0.4) is 0 Å². The first-order valence-electron chi connectivity index (χ1n) is 8.23. The fourth-order valence-corrected chi connectivity index (χ4v) is 3.08. The Labute approximate surface area is 137 Å². The lowest BCUT2D eigenvalue weighted by atomic mass is 9.76. The number of esters is 3. The standard InChI is InChI=1S/C17H28O6/c1-6-21-14(19)17(15(20)22-7-2)10-8-9-12(17)11-13(18)23-16(3,4)5/h12H,6-11H2,1-5H3. The van der Waals surface area contributed by atoms with Gasteiger partial charge in [0, 0.05) is 0 Å². The molecule has 0 saturated heterocycles. The van der Waals surface area contributed by atoms with Crippen molar-refractivity contribution in [2.24, 2.45) is 11.3 Å². The Morgan fingerprint density at radius 3 is 2.00 bits per heavy atom. The van der Waals surface area contributed by atoms with E-state index < -0.39 is 34.8 Å². The van der Waals surface area contributed by atoms with Crippen LogP contribution in [0, 0.1) is 11.3 Å². The summed E-state index contributed by atoms with van der Waals surface area (Å²) < 4.78 is 15.6. The average molecular weight is 328 g/mol. The van der Waals surface area contributed by atoms with Gasteiger partial charge in [-0.15, -0.1) is 0 Å². The van der Waals surface area contributed by atoms with Gasteiger partial charge in [0.25, 0.3) is 0 Å². The largest absolute Gasteiger partial charge is 0.465 e. The Balaban J connectivity index is 3.00. The topological polar surface area (TPSA) is 78.9 Å². The van der Waals surface area contributed by atoms with Crippen LogP contribution < -0.4 is 0 Å². The van der Waals surface area contributed by atoms with E-state index in [1.54, 1.807) is 34.6 Å². The number of carbonyl (C=O) groups excluding carboxylic acids is 3. The van der Waals surface area contributed by atoms with Gasteiger partial charge in [0.2, 0.25) is 0 Å². The highest BCUT2D eigenvalue weighted by Crippen LogP contribution is 2.47. The van der Waals surface area contributed by atoms with E-state index in [-0.39, 0.29) is 19.6 Å². The molecule has 132 valence electrons. The Bertz CT molecular complexity index is 430. The summed E-state index contributed by atoms with van der Waals surface area (Å²) in [6.45, 7) is 9.08. The van der Waals surface area contributed by atoms with Gasteiger partial charge in [-0.25, -0.2) is 0 Å². The molecule has 0 amide bonds. The summed E-state index contributed by atoms with van der Waals surface area (Å²) in [5, 5.41) is 0. The minimum absolute atomic E-state index is 0.00883. The second-order valence-corrected chi connectivity index (χ2v) is 6.79. The van der Waals surface area contributed by atoms with E-state index in [1.165, 1.54) is 0 Å². The molecule has 6 nitrogen and oxygen atoms in total. The molecule has 0 aromatic carbocycles. The summed E-state index contributed by atoms with van der Waals surface area (Å²) in [6.07, 6.45) is 1.62. The van der Waals surface area contributed by atoms with Crippen LogP contribution in [-0.4, -0.2) is 36.7 Å². The third kappa shape index (κ3) is 4.69. The molecule has 0 aromatic heterocycles. The third-order valence-corrected chi connectivity index (χ3v) is 3.93. The van der Waals surface area contributed by atoms with Gasteiger partial charge in [-0.1, -0.05) is 6.42 Å². The van der Waals surface area contributed by atoms with Crippen molar-refractivity contribution in [3.8, 4) is 0 Å². The van der Waals surface area contributed by atoms with Crippen molar-refractivity contribution in [1.29, 1.82) is 0 Å². The first kappa shape index (κ1) is 19.5. The molecule has 1 rings (SSSR count). The van der Waals surface area contributed by atoms with Crippen molar-refractivity contribution in [3.05, 3.63) is 0 Å². The van der Waals surface area contributed by atoms with Gasteiger partial charge in [0.05, 0.1) is 19.6 Å². The van der Waals surface area contributed by atoms with Crippen molar-refractivity contribution in [2.75, 3.05) is 13.2 Å². The highest BCUT2D eigenvalue weighted by molar-refractivity contribution is 6.01. The highest BCUT2D eigenvalue weighted by atomic mass is 16.6. The maximum Gasteiger partial charge on any atom is 0.323 e. The Hall–Kier alpha value is -1.59. The molecule has 1 atom stereocenters. The highest BCUT2D eigenvalue weighted by Gasteiger charge is 2.57. The summed E-state index contributed by atoms with van der Waals surface area (Å²) in [4.78, 5) is 37.1. The van der Waals surface area contributed by atoms with Crippen molar-refractivity contribution in [1.82, 2.24) is 0 Å². The molecule has 0 aromatic rings. The number of hydrogen-bond acceptors (Lipinski definition) is 6. The van der Waals surface area contributed by atoms with Crippen molar-refractivity contribution >= 4 is 17.9 Å². The number of hydrogen-bond donors (Lipinski definition) is 0. The van der Waals surface area contributed by atoms with E-state index in [0.29, 0.717) is 19.3 Å². The maximum atomic E-state index is 12.5. The second-order valence-electron chi connectivity index (χ2n) is 6.79. The lowest BCUT2D eigenvalue weighted by Gasteiger charge is -2.31. The molecule has 0 bridgehead atoms. The molecule has 0 aliphatic heterocycles. The number of ether oxygens (including phenoxy) is 3. The van der Waals surface area contributed by atoms with E-state index in [0.717, 1.165) is 0 Å². The fourth-order valence-electron chi connectivity index (χ4n) is 3.08. The molecule has 0 spiro atoms. The van der Waals surface area contributed by atoms with Crippen LogP contribution in [0.5, 0.6) is 0 Å². The molecular weight excluding hydrogens is 300 g/mol. The number of carbonyl (C=O) groups is 3. The third-order valence-electron chi connectivity index (χ3n) is 3.93. The fraction of sp³-hybridized carbons (Fsp3) is 0.824. The van der Waals surface area contributed by atoms with E-state index in [9.17, 15) is 14.4 Å². The van der Waals surface area contributed by atoms with Crippen LogP contribution >= 0.6 is 0 Å². The zero-order chi connectivity index (χ0) is 17.7. The number of rotatable bonds is 6. The van der Waals surface area contributed by atoms with Crippen molar-refractivity contribution in [3.63, 3.8) is 0 Å². The molecule has 0 heterocycles. The molecule has 23 heavy (non-hydrogen) atoms. The summed E-state index contributed by atoms with van der Waals surface area (Å²) in [5.74, 6) is -2.05. The summed E-state index contributed by atoms with van der Waals surface area (Å²) in [5.41, 5.74) is -1.99. The quantitative estimate of drug-likeness (QED) is 0.424. The molecular formula is C17H28O6. The lowest BCUT2D eigenvalue weighted by Crippen LogP contribution is -2.46. The minimum atomic E-state index is -1.39. The Morgan fingerprint density at radius 2 is 1.57 bits per heavy atom. The second kappa shape index (κ2) is 7.79. The molecule has 1 aliphatic rings. The molecule has 0 radical (unpaired) electrons. The first-order chi connectivity index (χ1) is 10.7. The first-order valence-corrected chi connectivity index (χ1v) is 8.23. The zero-order valence-electron chi connectivity index (χ0n) is 14.8. The summed E-state index contributed by atoms with van der Waals surface area (Å²) in [6, 6.07) is 0. The van der Waals surface area contributed by atoms with Gasteiger partial charge in [-0.05, 0) is 53.4 Å². The predicted molar refractivity (Wildman–Crippen MR) is 83.5 cm³/mol. The van der Waals surface area contributed by atoms with Crippen molar-refractivity contribution < 1.29 is 28.6 Å². The van der Waals surface area contributed by atoms with Gasteiger partial charge < -0.3 is 14.2 Å². The van der Waals surface area contributed by atoms with Crippen LogP contribution in [-0.2, 0) is 28.6 Å². The SMILES string of the molecule is CCOC(=O)C1(C(=O)OCC)CCCC1CC(=O)OC(C)(C)C. The van der Waals surface area contributed by atoms with Gasteiger partial charge in [0.1, 0.15) is 5.60 Å². The molecule has 1 fully saturated rings. The zero-order valence-corrected chi connectivity index (χ0v) is 14.8. The smallest absolute Gasteiger partial charge is 0.323 e. The van der Waals surface area contributed by atoms with E-state index in [1.807, 2.05) is 0 Å². The summed E-state index contributed by atoms with van der Waals surface area (Å²) in [7, 11) is 0. The van der Waals surface area contributed by atoms with Crippen LogP contribution in [0.25, 0.3) is 0 Å². The van der Waals surface area contributed by atoms with Gasteiger partial charge in [0.15, 0.2) is 5.41 Å². The Morgan fingerprint density at radius 1 is 1.04 bits per heavy atom. The molecule has 6 heteroatoms. The molecule has 0 N–H and O–H groups in total. The van der Waals surface area contributed by atoms with E-state index >= 15 is 0 Å². The van der Waals surface area contributed by atoms with Crippen LogP contribution in [0.15, 0.2) is 0 Å². The van der Waals surface area contributed by atoms with Crippen LogP contribution in [0.2, 0.25) is 0 Å². The minimum Gasteiger partial charge on any atom is -0.465 e. The van der Waals surface area contributed by atoms with Crippen LogP contribution in [0.1, 0.15) is 60.3 Å². The normalized spacial score (nSPS) is 20.0. The molecule has 1 aliphatic carbocycles.